The van der Waals surface area contributed by atoms with Gasteiger partial charge < -0.3 is 9.31 Å². The van der Waals surface area contributed by atoms with Crippen LogP contribution in [0.2, 0.25) is 0 Å². The third-order valence-electron chi connectivity index (χ3n) is 3.35. The van der Waals surface area contributed by atoms with Gasteiger partial charge in [0, 0.05) is 6.20 Å². The summed E-state index contributed by atoms with van der Waals surface area (Å²) in [5, 5.41) is 0.894. The van der Waals surface area contributed by atoms with Crippen LogP contribution in [-0.2, 0) is 9.31 Å². The van der Waals surface area contributed by atoms with Crippen LogP contribution in [0.25, 0.3) is 0 Å². The maximum atomic E-state index is 5.89. The van der Waals surface area contributed by atoms with E-state index in [1.165, 1.54) is 0 Å². The molecule has 2 rings (SSSR count). The molecule has 1 aliphatic heterocycles. The smallest absolute Gasteiger partial charge is 0.398 e. The number of nitrogens with zero attached hydrogens (tertiary/aromatic N) is 2. The van der Waals surface area contributed by atoms with Crippen molar-refractivity contribution in [3.05, 3.63) is 12.4 Å². The molecule has 17 heavy (non-hydrogen) atoms. The monoisotopic (exact) mass is 252 g/mol. The quantitative estimate of drug-likeness (QED) is 0.589. The summed E-state index contributed by atoms with van der Waals surface area (Å²) in [4.78, 5) is 8.61. The van der Waals surface area contributed by atoms with Crippen LogP contribution in [0, 0.1) is 0 Å². The molecule has 1 aliphatic rings. The summed E-state index contributed by atoms with van der Waals surface area (Å²) in [6.07, 6.45) is 5.43. The first kappa shape index (κ1) is 12.9. The summed E-state index contributed by atoms with van der Waals surface area (Å²) in [6, 6.07) is 0. The summed E-state index contributed by atoms with van der Waals surface area (Å²) >= 11 is 1.56. The van der Waals surface area contributed by atoms with E-state index in [-0.39, 0.29) is 11.2 Å². The second-order valence-corrected chi connectivity index (χ2v) is 5.90. The fourth-order valence-electron chi connectivity index (χ4n) is 1.52. The van der Waals surface area contributed by atoms with Gasteiger partial charge in [-0.05, 0) is 34.0 Å². The lowest BCUT2D eigenvalue weighted by Crippen LogP contribution is -2.41. The zero-order valence-electron chi connectivity index (χ0n) is 10.9. The lowest BCUT2D eigenvalue weighted by atomic mass is 9.85. The molecule has 1 aromatic rings. The van der Waals surface area contributed by atoms with Crippen LogP contribution in [0.4, 0.5) is 0 Å². The first-order valence-electron chi connectivity index (χ1n) is 5.57. The van der Waals surface area contributed by atoms with Crippen molar-refractivity contribution in [1.82, 2.24) is 9.97 Å². The van der Waals surface area contributed by atoms with Crippen molar-refractivity contribution in [2.75, 3.05) is 6.26 Å². The van der Waals surface area contributed by atoms with Crippen LogP contribution in [0.3, 0.4) is 0 Å². The summed E-state index contributed by atoms with van der Waals surface area (Å²) in [5.41, 5.74) is 0.0520. The van der Waals surface area contributed by atoms with E-state index in [9.17, 15) is 0 Å². The van der Waals surface area contributed by atoms with E-state index in [1.807, 2.05) is 34.0 Å². The topological polar surface area (TPSA) is 44.2 Å². The van der Waals surface area contributed by atoms with Crippen molar-refractivity contribution in [3.63, 3.8) is 0 Å². The molecule has 0 amide bonds. The van der Waals surface area contributed by atoms with E-state index < -0.39 is 7.12 Å². The number of hydrogen-bond acceptors (Lipinski definition) is 5. The minimum Gasteiger partial charge on any atom is -0.398 e. The second-order valence-electron chi connectivity index (χ2n) is 5.07. The van der Waals surface area contributed by atoms with Gasteiger partial charge in [-0.25, -0.2) is 4.98 Å². The van der Waals surface area contributed by atoms with E-state index in [2.05, 4.69) is 9.97 Å². The first-order valence-corrected chi connectivity index (χ1v) is 6.80. The molecule has 0 spiro atoms. The Bertz CT molecular complexity index is 392. The summed E-state index contributed by atoms with van der Waals surface area (Å²) < 4.78 is 11.8. The van der Waals surface area contributed by atoms with Gasteiger partial charge in [-0.15, -0.1) is 11.8 Å². The third-order valence-corrected chi connectivity index (χ3v) is 3.98. The zero-order valence-corrected chi connectivity index (χ0v) is 11.7. The van der Waals surface area contributed by atoms with E-state index in [0.717, 1.165) is 10.6 Å². The average molecular weight is 252 g/mol. The highest BCUT2D eigenvalue weighted by Crippen LogP contribution is 2.36. The van der Waals surface area contributed by atoms with Gasteiger partial charge in [0.2, 0.25) is 0 Å². The van der Waals surface area contributed by atoms with Gasteiger partial charge in [-0.2, -0.15) is 0 Å². The molecule has 0 saturated carbocycles. The van der Waals surface area contributed by atoms with E-state index in [4.69, 9.17) is 9.31 Å². The number of aromatic nitrogens is 2. The maximum Gasteiger partial charge on any atom is 0.516 e. The van der Waals surface area contributed by atoms with Crippen molar-refractivity contribution >= 4 is 24.5 Å². The summed E-state index contributed by atoms with van der Waals surface area (Å²) in [5.74, 6) is 0. The van der Waals surface area contributed by atoms with Crippen molar-refractivity contribution in [2.24, 2.45) is 0 Å². The predicted molar refractivity (Wildman–Crippen MR) is 69.5 cm³/mol. The number of rotatable bonds is 2. The molecule has 1 fully saturated rings. The minimum absolute atomic E-state index is 0.336. The molecule has 92 valence electrons. The summed E-state index contributed by atoms with van der Waals surface area (Å²) in [7, 11) is -0.427. The van der Waals surface area contributed by atoms with Crippen LogP contribution < -0.4 is 5.59 Å². The Balaban J connectivity index is 2.20. The zero-order chi connectivity index (χ0) is 12.7. The van der Waals surface area contributed by atoms with Crippen LogP contribution in [0.1, 0.15) is 27.7 Å². The molecule has 4 nitrogen and oxygen atoms in total. The van der Waals surface area contributed by atoms with Crippen molar-refractivity contribution in [3.8, 4) is 0 Å². The molecule has 1 aromatic heterocycles. The molecule has 6 heteroatoms. The standard InChI is InChI=1S/C11H17BN2O2S/c1-10(2)11(3,4)16-12(15-10)8-6-14-9(17-5)7-13-8/h6-7H,1-5H3. The Morgan fingerprint density at radius 2 is 1.65 bits per heavy atom. The lowest BCUT2D eigenvalue weighted by Gasteiger charge is -2.32. The normalized spacial score (nSPS) is 21.8. The second kappa shape index (κ2) is 4.26. The molecule has 0 bridgehead atoms. The Kier molecular flexibility index (Phi) is 3.22. The molecule has 0 aromatic carbocycles. The number of thioether (sulfide) groups is 1. The van der Waals surface area contributed by atoms with Gasteiger partial charge in [0.1, 0.15) is 5.03 Å². The maximum absolute atomic E-state index is 5.89. The molecule has 2 heterocycles. The molecule has 0 atom stereocenters. The largest absolute Gasteiger partial charge is 0.516 e. The first-order chi connectivity index (χ1) is 7.86. The number of hydrogen-bond donors (Lipinski definition) is 0. The van der Waals surface area contributed by atoms with Gasteiger partial charge in [-0.1, -0.05) is 0 Å². The SMILES string of the molecule is CSc1cnc(B2OC(C)(C)C(C)(C)O2)cn1. The van der Waals surface area contributed by atoms with Gasteiger partial charge in [-0.3, -0.25) is 4.98 Å². The molecule has 0 unspecified atom stereocenters. The fraction of sp³-hybridized carbons (Fsp3) is 0.636. The fourth-order valence-corrected chi connectivity index (χ4v) is 1.83. The highest BCUT2D eigenvalue weighted by Gasteiger charge is 2.52. The molecular formula is C11H17BN2O2S. The Hall–Kier alpha value is -0.585. The van der Waals surface area contributed by atoms with Crippen LogP contribution in [-0.4, -0.2) is 34.5 Å². The average Bonchev–Trinajstić information content (AvgIpc) is 2.48. The molecule has 0 N–H and O–H groups in total. The van der Waals surface area contributed by atoms with Gasteiger partial charge in [0.25, 0.3) is 0 Å². The highest BCUT2D eigenvalue weighted by molar-refractivity contribution is 7.98. The summed E-state index contributed by atoms with van der Waals surface area (Å²) in [6.45, 7) is 8.10. The van der Waals surface area contributed by atoms with Gasteiger partial charge in [0.05, 0.1) is 23.0 Å². The van der Waals surface area contributed by atoms with Crippen molar-refractivity contribution in [2.45, 2.75) is 43.9 Å². The Morgan fingerprint density at radius 3 is 2.06 bits per heavy atom. The van der Waals surface area contributed by atoms with Crippen molar-refractivity contribution < 1.29 is 9.31 Å². The predicted octanol–water partition coefficient (Wildman–Crippen LogP) is 1.50. The lowest BCUT2D eigenvalue weighted by molar-refractivity contribution is 0.00578. The molecular weight excluding hydrogens is 235 g/mol. The van der Waals surface area contributed by atoms with Crippen LogP contribution in [0.5, 0.6) is 0 Å². The van der Waals surface area contributed by atoms with Gasteiger partial charge in [0.15, 0.2) is 0 Å². The molecule has 0 radical (unpaired) electrons. The van der Waals surface area contributed by atoms with E-state index in [0.29, 0.717) is 0 Å². The minimum atomic E-state index is -0.427. The van der Waals surface area contributed by atoms with E-state index in [1.54, 1.807) is 24.2 Å². The van der Waals surface area contributed by atoms with Crippen LogP contribution >= 0.6 is 11.8 Å². The van der Waals surface area contributed by atoms with Crippen LogP contribution in [0.15, 0.2) is 17.4 Å². The molecule has 0 aliphatic carbocycles. The molecule has 1 saturated heterocycles. The van der Waals surface area contributed by atoms with E-state index >= 15 is 0 Å². The van der Waals surface area contributed by atoms with Gasteiger partial charge >= 0.3 is 7.12 Å². The van der Waals surface area contributed by atoms with Crippen molar-refractivity contribution in [1.29, 1.82) is 0 Å². The Morgan fingerprint density at radius 1 is 1.06 bits per heavy atom. The Labute approximate surface area is 107 Å². The highest BCUT2D eigenvalue weighted by atomic mass is 32.2. The third kappa shape index (κ3) is 2.34.